The molecule has 1 heterocycles. The van der Waals surface area contributed by atoms with Crippen LogP contribution in [0.25, 0.3) is 0 Å². The first-order valence-electron chi connectivity index (χ1n) is 6.63. The fourth-order valence-electron chi connectivity index (χ4n) is 1.46. The Balaban J connectivity index is 2.32. The van der Waals surface area contributed by atoms with Crippen molar-refractivity contribution < 1.29 is 9.59 Å². The third-order valence-electron chi connectivity index (χ3n) is 2.59. The zero-order valence-electron chi connectivity index (χ0n) is 11.9. The van der Waals surface area contributed by atoms with Gasteiger partial charge in [0.1, 0.15) is 12.2 Å². The first-order chi connectivity index (χ1) is 9.51. The molecule has 0 unspecified atom stereocenters. The van der Waals surface area contributed by atoms with Gasteiger partial charge in [-0.05, 0) is 12.3 Å². The number of carbonyl (C=O) groups is 2. The molecule has 0 fully saturated rings. The number of aromatic nitrogens is 3. The van der Waals surface area contributed by atoms with Crippen molar-refractivity contribution in [3.8, 4) is 0 Å². The van der Waals surface area contributed by atoms with E-state index in [0.29, 0.717) is 18.2 Å². The van der Waals surface area contributed by atoms with Gasteiger partial charge in [0.25, 0.3) is 0 Å². The fraction of sp³-hybridized carbons (Fsp3) is 0.667. The fourth-order valence-corrected chi connectivity index (χ4v) is 1.46. The van der Waals surface area contributed by atoms with E-state index in [9.17, 15) is 9.59 Å². The highest BCUT2D eigenvalue weighted by atomic mass is 16.2. The van der Waals surface area contributed by atoms with E-state index in [4.69, 9.17) is 5.73 Å². The van der Waals surface area contributed by atoms with Crippen molar-refractivity contribution in [3.63, 3.8) is 0 Å². The highest BCUT2D eigenvalue weighted by molar-refractivity contribution is 5.77. The molecule has 0 aromatic carbocycles. The molecule has 0 spiro atoms. The van der Waals surface area contributed by atoms with Crippen LogP contribution < -0.4 is 16.4 Å². The predicted molar refractivity (Wildman–Crippen MR) is 73.4 cm³/mol. The monoisotopic (exact) mass is 282 g/mol. The number of nitrogens with one attached hydrogen (secondary N) is 2. The maximum absolute atomic E-state index is 11.6. The topological polar surface area (TPSA) is 115 Å². The van der Waals surface area contributed by atoms with Crippen molar-refractivity contribution in [1.29, 1.82) is 0 Å². The second kappa shape index (κ2) is 8.26. The average molecular weight is 282 g/mol. The van der Waals surface area contributed by atoms with Gasteiger partial charge in [-0.3, -0.25) is 9.59 Å². The first kappa shape index (κ1) is 16.1. The molecule has 0 aliphatic heterocycles. The molecule has 4 N–H and O–H groups in total. The Bertz CT molecular complexity index is 443. The Morgan fingerprint density at radius 2 is 2.10 bits per heavy atom. The summed E-state index contributed by atoms with van der Waals surface area (Å²) in [6.45, 7) is 5.18. The lowest BCUT2D eigenvalue weighted by Gasteiger charge is -2.06. The van der Waals surface area contributed by atoms with E-state index in [2.05, 4.69) is 34.8 Å². The Labute approximate surface area is 118 Å². The molecular formula is C12H22N6O2. The second-order valence-corrected chi connectivity index (χ2v) is 4.92. The van der Waals surface area contributed by atoms with Crippen molar-refractivity contribution in [3.05, 3.63) is 11.9 Å². The Morgan fingerprint density at radius 1 is 1.35 bits per heavy atom. The zero-order valence-corrected chi connectivity index (χ0v) is 11.9. The number of carbonyl (C=O) groups excluding carboxylic acids is 2. The highest BCUT2D eigenvalue weighted by Crippen LogP contribution is 1.96. The lowest BCUT2D eigenvalue weighted by atomic mass is 10.1. The van der Waals surface area contributed by atoms with Crippen LogP contribution in [0.5, 0.6) is 0 Å². The van der Waals surface area contributed by atoms with Crippen molar-refractivity contribution in [2.45, 2.75) is 33.4 Å². The summed E-state index contributed by atoms with van der Waals surface area (Å²) in [7, 11) is 0. The van der Waals surface area contributed by atoms with Gasteiger partial charge in [-0.2, -0.15) is 0 Å². The normalized spacial score (nSPS) is 10.6. The predicted octanol–water partition coefficient (Wildman–Crippen LogP) is -0.985. The van der Waals surface area contributed by atoms with Gasteiger partial charge in [0, 0.05) is 6.54 Å². The summed E-state index contributed by atoms with van der Waals surface area (Å²) in [4.78, 5) is 22.6. The number of amides is 2. The van der Waals surface area contributed by atoms with Gasteiger partial charge in [0.15, 0.2) is 0 Å². The van der Waals surface area contributed by atoms with Crippen LogP contribution in [0, 0.1) is 5.92 Å². The van der Waals surface area contributed by atoms with Gasteiger partial charge < -0.3 is 16.4 Å². The molecule has 2 amide bonds. The second-order valence-electron chi connectivity index (χ2n) is 4.92. The number of nitrogens with two attached hydrogens (primary N) is 1. The molecule has 0 bridgehead atoms. The molecule has 0 saturated carbocycles. The van der Waals surface area contributed by atoms with E-state index in [1.165, 1.54) is 4.68 Å². The molecule has 0 saturated heterocycles. The van der Waals surface area contributed by atoms with E-state index in [-0.39, 0.29) is 31.4 Å². The first-order valence-corrected chi connectivity index (χ1v) is 6.63. The van der Waals surface area contributed by atoms with Crippen molar-refractivity contribution in [1.82, 2.24) is 25.6 Å². The standard InChI is InChI=1S/C12H22N6O2/c1-9(2)3-4-14-12(20)8-18-7-10(16-17-18)6-15-11(19)5-13/h7,9H,3-6,8,13H2,1-2H3,(H,14,20)(H,15,19). The van der Waals surface area contributed by atoms with Gasteiger partial charge in [0.05, 0.1) is 19.3 Å². The summed E-state index contributed by atoms with van der Waals surface area (Å²) in [5.41, 5.74) is 5.75. The minimum absolute atomic E-state index is 0.0631. The van der Waals surface area contributed by atoms with Crippen LogP contribution in [0.2, 0.25) is 0 Å². The summed E-state index contributed by atoms with van der Waals surface area (Å²) < 4.78 is 1.44. The third kappa shape index (κ3) is 6.28. The summed E-state index contributed by atoms with van der Waals surface area (Å²) in [5.74, 6) is 0.193. The third-order valence-corrected chi connectivity index (χ3v) is 2.59. The lowest BCUT2D eigenvalue weighted by Crippen LogP contribution is -2.30. The van der Waals surface area contributed by atoms with Gasteiger partial charge in [0.2, 0.25) is 11.8 Å². The van der Waals surface area contributed by atoms with Crippen molar-refractivity contribution in [2.75, 3.05) is 13.1 Å². The molecule has 0 radical (unpaired) electrons. The van der Waals surface area contributed by atoms with Gasteiger partial charge in [-0.25, -0.2) is 4.68 Å². The van der Waals surface area contributed by atoms with Crippen LogP contribution in [0.1, 0.15) is 26.0 Å². The quantitative estimate of drug-likeness (QED) is 0.566. The SMILES string of the molecule is CC(C)CCNC(=O)Cn1cc(CNC(=O)CN)nn1. The van der Waals surface area contributed by atoms with Crippen LogP contribution in [0.4, 0.5) is 0 Å². The zero-order chi connectivity index (χ0) is 15.0. The summed E-state index contributed by atoms with van der Waals surface area (Å²) in [5, 5.41) is 13.1. The molecule has 20 heavy (non-hydrogen) atoms. The molecule has 112 valence electrons. The number of rotatable bonds is 8. The van der Waals surface area contributed by atoms with Crippen LogP contribution in [0.3, 0.4) is 0 Å². The smallest absolute Gasteiger partial charge is 0.241 e. The molecular weight excluding hydrogens is 260 g/mol. The molecule has 8 nitrogen and oxygen atoms in total. The minimum atomic E-state index is -0.258. The molecule has 0 aliphatic rings. The van der Waals surface area contributed by atoms with Crippen molar-refractivity contribution in [2.24, 2.45) is 11.7 Å². The van der Waals surface area contributed by atoms with Crippen LogP contribution in [-0.4, -0.2) is 39.9 Å². The van der Waals surface area contributed by atoms with Crippen LogP contribution in [-0.2, 0) is 22.7 Å². The summed E-state index contributed by atoms with van der Waals surface area (Å²) in [6.07, 6.45) is 2.57. The van der Waals surface area contributed by atoms with Gasteiger partial charge in [-0.15, -0.1) is 5.10 Å². The van der Waals surface area contributed by atoms with Crippen molar-refractivity contribution >= 4 is 11.8 Å². The van der Waals surface area contributed by atoms with E-state index in [1.54, 1.807) is 6.20 Å². The van der Waals surface area contributed by atoms with Crippen LogP contribution in [0.15, 0.2) is 6.20 Å². The van der Waals surface area contributed by atoms with E-state index < -0.39 is 0 Å². The Kier molecular flexibility index (Phi) is 6.65. The van der Waals surface area contributed by atoms with Gasteiger partial charge in [-0.1, -0.05) is 19.1 Å². The average Bonchev–Trinajstić information content (AvgIpc) is 2.83. The summed E-state index contributed by atoms with van der Waals surface area (Å²) >= 11 is 0. The molecule has 1 aromatic rings. The molecule has 8 heteroatoms. The highest BCUT2D eigenvalue weighted by Gasteiger charge is 2.07. The van der Waals surface area contributed by atoms with E-state index in [1.807, 2.05) is 0 Å². The molecule has 1 aromatic heterocycles. The Hall–Kier alpha value is -1.96. The maximum Gasteiger partial charge on any atom is 0.241 e. The molecule has 0 aliphatic carbocycles. The maximum atomic E-state index is 11.6. The largest absolute Gasteiger partial charge is 0.354 e. The van der Waals surface area contributed by atoms with E-state index in [0.717, 1.165) is 6.42 Å². The number of nitrogens with zero attached hydrogens (tertiary/aromatic N) is 3. The van der Waals surface area contributed by atoms with Crippen LogP contribution >= 0.6 is 0 Å². The summed E-state index contributed by atoms with van der Waals surface area (Å²) in [6, 6.07) is 0. The Morgan fingerprint density at radius 3 is 2.75 bits per heavy atom. The lowest BCUT2D eigenvalue weighted by molar-refractivity contribution is -0.122. The minimum Gasteiger partial charge on any atom is -0.354 e. The number of hydrogen-bond acceptors (Lipinski definition) is 5. The van der Waals surface area contributed by atoms with Gasteiger partial charge >= 0.3 is 0 Å². The molecule has 0 atom stereocenters. The van der Waals surface area contributed by atoms with E-state index >= 15 is 0 Å². The number of hydrogen-bond donors (Lipinski definition) is 3. The molecule has 1 rings (SSSR count).